The van der Waals surface area contributed by atoms with Gasteiger partial charge < -0.3 is 9.13 Å². The summed E-state index contributed by atoms with van der Waals surface area (Å²) in [5, 5.41) is 10.8. The van der Waals surface area contributed by atoms with Gasteiger partial charge in [-0.15, -0.1) is 0 Å². The third-order valence-electron chi connectivity index (χ3n) is 12.4. The highest BCUT2D eigenvalue weighted by Crippen LogP contribution is 2.42. The van der Waals surface area contributed by atoms with Crippen molar-refractivity contribution in [2.75, 3.05) is 0 Å². The molecule has 2 nitrogen and oxygen atoms in total. The van der Waals surface area contributed by atoms with Gasteiger partial charge in [0.15, 0.2) is 8.07 Å². The van der Waals surface area contributed by atoms with E-state index in [2.05, 4.69) is 228 Å². The van der Waals surface area contributed by atoms with Crippen LogP contribution in [0.25, 0.3) is 77.2 Å². The van der Waals surface area contributed by atoms with Crippen molar-refractivity contribution in [1.29, 1.82) is 0 Å². The number of rotatable bonds is 5. The van der Waals surface area contributed by atoms with E-state index in [1.807, 2.05) is 0 Å². The average molecular weight is 741 g/mol. The largest absolute Gasteiger partial charge is 0.307 e. The van der Waals surface area contributed by atoms with Gasteiger partial charge in [0.1, 0.15) is 0 Å². The average Bonchev–Trinajstić information content (AvgIpc) is 3.92. The molecule has 1 aliphatic rings. The number of hydrogen-bond acceptors (Lipinski definition) is 0. The van der Waals surface area contributed by atoms with Gasteiger partial charge in [-0.25, -0.2) is 0 Å². The van der Waals surface area contributed by atoms with Gasteiger partial charge in [-0.05, 0) is 79.4 Å². The van der Waals surface area contributed by atoms with Crippen molar-refractivity contribution in [3.8, 4) is 33.6 Å². The van der Waals surface area contributed by atoms with Crippen LogP contribution in [0.3, 0.4) is 0 Å². The molecule has 3 heteroatoms. The number of benzene rings is 9. The molecule has 12 rings (SSSR count). The lowest BCUT2D eigenvalue weighted by Gasteiger charge is -2.31. The Kier molecular flexibility index (Phi) is 6.98. The highest BCUT2D eigenvalue weighted by Gasteiger charge is 2.48. The fourth-order valence-electron chi connectivity index (χ4n) is 10.1. The molecule has 9 aromatic carbocycles. The number of nitrogens with zero attached hydrogens (tertiary/aromatic N) is 2. The van der Waals surface area contributed by atoms with Crippen molar-refractivity contribution in [1.82, 2.24) is 9.13 Å². The molecule has 57 heavy (non-hydrogen) atoms. The van der Waals surface area contributed by atoms with Crippen LogP contribution in [0.2, 0.25) is 0 Å². The first kappa shape index (κ1) is 32.1. The first-order chi connectivity index (χ1) is 28.3. The Bertz CT molecular complexity index is 3290. The van der Waals surface area contributed by atoms with Crippen LogP contribution in [0.15, 0.2) is 218 Å². The molecule has 11 aromatic rings. The van der Waals surface area contributed by atoms with Gasteiger partial charge in [0.2, 0.25) is 0 Å². The van der Waals surface area contributed by atoms with Crippen molar-refractivity contribution in [3.05, 3.63) is 218 Å². The molecule has 0 bridgehead atoms. The highest BCUT2D eigenvalue weighted by molar-refractivity contribution is 7.22. The number of aromatic nitrogens is 2. The molecule has 0 saturated carbocycles. The molecule has 0 N–H and O–H groups in total. The molecule has 266 valence electrons. The summed E-state index contributed by atoms with van der Waals surface area (Å²) in [7, 11) is -2.55. The van der Waals surface area contributed by atoms with Gasteiger partial charge in [-0.1, -0.05) is 182 Å². The molecule has 0 unspecified atom stereocenters. The smallest absolute Gasteiger partial charge is 0.180 e. The number of fused-ring (bicyclic) bond motifs is 10. The predicted octanol–water partition coefficient (Wildman–Crippen LogP) is 10.9. The molecule has 0 saturated heterocycles. The summed E-state index contributed by atoms with van der Waals surface area (Å²) in [6.07, 6.45) is 0. The molecule has 3 heterocycles. The van der Waals surface area contributed by atoms with Gasteiger partial charge in [0.05, 0.1) is 22.1 Å². The maximum Gasteiger partial charge on any atom is 0.180 e. The molecule has 0 aliphatic carbocycles. The van der Waals surface area contributed by atoms with Gasteiger partial charge in [-0.3, -0.25) is 0 Å². The number of hydrogen-bond donors (Lipinski definition) is 0. The standard InChI is InChI=1S/C54H36N2Si/c1-3-17-39(18-4-1)55-49-26-11-7-22-43(49)47-34-35-48-44-23-8-12-27-50(44)56(54(48)53(47)55)40-19-15-16-38(36-40)37-30-32-42(33-31-37)57(41-20-5-2-6-21-41)51-28-13-9-24-45(51)46-25-10-14-29-52(46)57/h1-36H. The van der Waals surface area contributed by atoms with E-state index in [4.69, 9.17) is 0 Å². The second kappa shape index (κ2) is 12.4. The minimum Gasteiger partial charge on any atom is -0.307 e. The summed E-state index contributed by atoms with van der Waals surface area (Å²) in [5.41, 5.74) is 12.3. The maximum atomic E-state index is 2.49. The lowest BCUT2D eigenvalue weighted by molar-refractivity contribution is 1.15. The third kappa shape index (κ3) is 4.52. The van der Waals surface area contributed by atoms with Crippen molar-refractivity contribution < 1.29 is 0 Å². The molecule has 2 aromatic heterocycles. The molecule has 0 spiro atoms. The van der Waals surface area contributed by atoms with E-state index in [0.717, 1.165) is 11.4 Å². The van der Waals surface area contributed by atoms with Crippen molar-refractivity contribution >= 4 is 72.4 Å². The van der Waals surface area contributed by atoms with Gasteiger partial charge in [0.25, 0.3) is 0 Å². The van der Waals surface area contributed by atoms with Crippen molar-refractivity contribution in [2.24, 2.45) is 0 Å². The normalized spacial score (nSPS) is 13.1. The molecule has 1 aliphatic heterocycles. The summed E-state index contributed by atoms with van der Waals surface area (Å²) in [6, 6.07) is 81.2. The summed E-state index contributed by atoms with van der Waals surface area (Å²) >= 11 is 0. The van der Waals surface area contributed by atoms with E-state index in [1.54, 1.807) is 0 Å². The predicted molar refractivity (Wildman–Crippen MR) is 243 cm³/mol. The van der Waals surface area contributed by atoms with Gasteiger partial charge in [-0.2, -0.15) is 0 Å². The van der Waals surface area contributed by atoms with Crippen LogP contribution in [0.1, 0.15) is 0 Å². The monoisotopic (exact) mass is 740 g/mol. The Morgan fingerprint density at radius 1 is 0.298 bits per heavy atom. The Morgan fingerprint density at radius 2 is 0.772 bits per heavy atom. The summed E-state index contributed by atoms with van der Waals surface area (Å²) < 4.78 is 4.95. The Balaban J connectivity index is 1.07. The fraction of sp³-hybridized carbons (Fsp3) is 0. The lowest BCUT2D eigenvalue weighted by Crippen LogP contribution is -2.72. The van der Waals surface area contributed by atoms with Crippen LogP contribution >= 0.6 is 0 Å². The van der Waals surface area contributed by atoms with Crippen LogP contribution in [0, 0.1) is 0 Å². The summed E-state index contributed by atoms with van der Waals surface area (Å²) in [4.78, 5) is 0. The zero-order valence-corrected chi connectivity index (χ0v) is 32.2. The van der Waals surface area contributed by atoms with Gasteiger partial charge >= 0.3 is 0 Å². The molecular formula is C54H36N2Si. The van der Waals surface area contributed by atoms with Crippen LogP contribution in [0.5, 0.6) is 0 Å². The maximum absolute atomic E-state index is 2.55. The third-order valence-corrected chi connectivity index (χ3v) is 17.3. The zero-order chi connectivity index (χ0) is 37.5. The van der Waals surface area contributed by atoms with Crippen LogP contribution in [-0.4, -0.2) is 17.2 Å². The second-order valence-corrected chi connectivity index (χ2v) is 19.0. The summed E-state index contributed by atoms with van der Waals surface area (Å²) in [5.74, 6) is 0. The number of para-hydroxylation sites is 3. The lowest BCUT2D eigenvalue weighted by atomic mass is 10.0. The molecular weight excluding hydrogens is 705 g/mol. The van der Waals surface area contributed by atoms with Crippen LogP contribution in [-0.2, 0) is 0 Å². The first-order valence-electron chi connectivity index (χ1n) is 19.8. The molecule has 0 fully saturated rings. The topological polar surface area (TPSA) is 9.86 Å². The highest BCUT2D eigenvalue weighted by atomic mass is 28.3. The second-order valence-electron chi connectivity index (χ2n) is 15.2. The molecule has 0 atom stereocenters. The first-order valence-corrected chi connectivity index (χ1v) is 21.8. The Labute approximate surface area is 332 Å². The minimum absolute atomic E-state index is 1.15. The van der Waals surface area contributed by atoms with E-state index in [-0.39, 0.29) is 0 Å². The van der Waals surface area contributed by atoms with E-state index < -0.39 is 8.07 Å². The Morgan fingerprint density at radius 3 is 1.39 bits per heavy atom. The molecule has 0 radical (unpaired) electrons. The quantitative estimate of drug-likeness (QED) is 0.156. The van der Waals surface area contributed by atoms with Crippen LogP contribution < -0.4 is 20.7 Å². The van der Waals surface area contributed by atoms with E-state index in [1.165, 1.54) is 86.6 Å². The zero-order valence-electron chi connectivity index (χ0n) is 31.2. The van der Waals surface area contributed by atoms with E-state index in [0.29, 0.717) is 0 Å². The van der Waals surface area contributed by atoms with Crippen molar-refractivity contribution in [2.45, 2.75) is 0 Å². The van der Waals surface area contributed by atoms with E-state index >= 15 is 0 Å². The fourth-order valence-corrected chi connectivity index (χ4v) is 15.2. The molecule has 0 amide bonds. The van der Waals surface area contributed by atoms with Crippen LogP contribution in [0.4, 0.5) is 0 Å². The van der Waals surface area contributed by atoms with Gasteiger partial charge in [0, 0.05) is 32.9 Å². The Hall–Kier alpha value is -7.20. The summed E-state index contributed by atoms with van der Waals surface area (Å²) in [6.45, 7) is 0. The van der Waals surface area contributed by atoms with Crippen molar-refractivity contribution in [3.63, 3.8) is 0 Å². The van der Waals surface area contributed by atoms with E-state index in [9.17, 15) is 0 Å². The minimum atomic E-state index is -2.55. The SMILES string of the molecule is c1ccc(-n2c3ccccc3c3ccc4c5ccccc5n(-c5cccc(-c6ccc([Si]7(c8ccccc8)c8ccccc8-c8ccccc87)cc6)c5)c4c32)cc1.